The molecule has 4 heterocycles. The highest BCUT2D eigenvalue weighted by Crippen LogP contribution is 2.67. The maximum atomic E-state index is 17.3. The number of nitrogens with zero attached hydrogens (tertiary/aromatic N) is 5. The topological polar surface area (TPSA) is 211 Å². The number of methoxy groups -OCH3 is 2. The Kier molecular flexibility index (Phi) is 14.2. The van der Waals surface area contributed by atoms with Gasteiger partial charge in [0.25, 0.3) is 0 Å². The number of hydrogen-bond donors (Lipinski definition) is 3. The summed E-state index contributed by atoms with van der Waals surface area (Å²) in [4.78, 5) is 90.3. The number of ketones is 2. The van der Waals surface area contributed by atoms with E-state index < -0.39 is 69.4 Å². The Hall–Kier alpha value is -6.48. The number of anilines is 2. The number of aromatic nitrogens is 2. The fourth-order valence-corrected chi connectivity index (χ4v) is 16.4. The van der Waals surface area contributed by atoms with E-state index in [2.05, 4.69) is 12.2 Å². The monoisotopic (exact) mass is 1150 g/mol. The van der Waals surface area contributed by atoms with Crippen molar-refractivity contribution >= 4 is 56.7 Å². The number of hydrogen-bond acceptors (Lipinski definition) is 16. The van der Waals surface area contributed by atoms with Crippen molar-refractivity contribution in [1.29, 1.82) is 0 Å². The number of aliphatic hydroxyl groups is 2. The van der Waals surface area contributed by atoms with Gasteiger partial charge in [0, 0.05) is 103 Å². The summed E-state index contributed by atoms with van der Waals surface area (Å²) in [7, 11) is 2.88. The largest absolute Gasteiger partial charge is 0.492 e. The van der Waals surface area contributed by atoms with E-state index in [-0.39, 0.29) is 130 Å². The van der Waals surface area contributed by atoms with Crippen LogP contribution in [-0.4, -0.2) is 139 Å². The molecule has 2 aromatic heterocycles. The van der Waals surface area contributed by atoms with E-state index in [4.69, 9.17) is 18.9 Å². The molecule has 0 spiro atoms. The summed E-state index contributed by atoms with van der Waals surface area (Å²) in [5, 5.41) is 27.6. The minimum atomic E-state index is -1.94. The van der Waals surface area contributed by atoms with Crippen LogP contribution < -0.4 is 35.4 Å². The van der Waals surface area contributed by atoms with Crippen molar-refractivity contribution in [3.05, 3.63) is 89.5 Å². The van der Waals surface area contributed by atoms with Gasteiger partial charge in [-0.05, 0) is 116 Å². The molecule has 5 saturated carbocycles. The van der Waals surface area contributed by atoms with E-state index in [0.29, 0.717) is 87.2 Å². The lowest BCUT2D eigenvalue weighted by Crippen LogP contribution is -2.61. The highest BCUT2D eigenvalue weighted by molar-refractivity contribution is 6.03. The number of halogens is 2. The third-order valence-corrected chi connectivity index (χ3v) is 21.0. The maximum absolute atomic E-state index is 17.3. The van der Waals surface area contributed by atoms with Gasteiger partial charge in [0.1, 0.15) is 34.8 Å². The Bertz CT molecular complexity index is 3650. The first-order valence-corrected chi connectivity index (χ1v) is 29.6. The van der Waals surface area contributed by atoms with Gasteiger partial charge >= 0.3 is 11.9 Å². The van der Waals surface area contributed by atoms with Gasteiger partial charge in [-0.2, -0.15) is 0 Å². The predicted molar refractivity (Wildman–Crippen MR) is 307 cm³/mol. The average Bonchev–Trinajstić information content (AvgIpc) is 2.40. The molecule has 444 valence electrons. The summed E-state index contributed by atoms with van der Waals surface area (Å²) in [5.74, 6) is -4.02. The summed E-state index contributed by atoms with van der Waals surface area (Å²) < 4.78 is 61.3. The van der Waals surface area contributed by atoms with Gasteiger partial charge in [0.15, 0.2) is 35.5 Å². The smallest absolute Gasteiger partial charge is 0.345 e. The second-order valence-corrected chi connectivity index (χ2v) is 25.4. The molecule has 7 fully saturated rings. The van der Waals surface area contributed by atoms with Gasteiger partial charge < -0.3 is 53.4 Å². The average molecular weight is 1150 g/mol. The van der Waals surface area contributed by atoms with Crippen LogP contribution >= 0.6 is 0 Å². The molecule has 83 heavy (non-hydrogen) atoms. The summed E-state index contributed by atoms with van der Waals surface area (Å²) in [6.07, 6.45) is 9.40. The number of carbonyl (C=O) groups excluding carboxylic acids is 4. The van der Waals surface area contributed by atoms with Crippen molar-refractivity contribution in [3.8, 4) is 11.5 Å². The molecule has 4 aromatic rings. The van der Waals surface area contributed by atoms with Gasteiger partial charge in [0.2, 0.25) is 16.6 Å². The number of aliphatic hydroxyl groups excluding tert-OH is 1. The minimum absolute atomic E-state index is 0.0115. The second-order valence-electron chi connectivity index (χ2n) is 25.4. The number of carbonyl (C=O) groups is 4. The third-order valence-electron chi connectivity index (χ3n) is 21.0. The van der Waals surface area contributed by atoms with E-state index in [9.17, 15) is 39.0 Å². The number of fused-ring (bicyclic) bond motifs is 7. The van der Waals surface area contributed by atoms with E-state index >= 15 is 8.78 Å². The molecule has 8 atom stereocenters. The van der Waals surface area contributed by atoms with E-state index in [1.807, 2.05) is 43.8 Å². The molecule has 18 nitrogen and oxygen atoms in total. The second kappa shape index (κ2) is 20.6. The molecule has 3 N–H and O–H groups in total. The summed E-state index contributed by atoms with van der Waals surface area (Å²) in [5.41, 5.74) is -2.47. The third kappa shape index (κ3) is 8.63. The Morgan fingerprint density at radius 1 is 0.759 bits per heavy atom. The number of aryl methyl sites for hydroxylation is 2. The summed E-state index contributed by atoms with van der Waals surface area (Å²) in [6, 6.07) is -0.532. The van der Waals surface area contributed by atoms with Crippen LogP contribution in [0.15, 0.2) is 33.4 Å². The Labute approximate surface area is 480 Å². The van der Waals surface area contributed by atoms with Crippen LogP contribution in [0, 0.1) is 67.9 Å². The fourth-order valence-electron chi connectivity index (χ4n) is 16.4. The molecular formula is C63H76F2N6O12. The maximum Gasteiger partial charge on any atom is 0.345 e. The molecule has 20 heteroatoms. The van der Waals surface area contributed by atoms with Crippen molar-refractivity contribution in [2.75, 3.05) is 83.2 Å². The number of piperazine rings is 2. The van der Waals surface area contributed by atoms with Crippen molar-refractivity contribution in [1.82, 2.24) is 19.4 Å². The van der Waals surface area contributed by atoms with Crippen LogP contribution in [0.1, 0.15) is 134 Å². The van der Waals surface area contributed by atoms with Gasteiger partial charge in [0.05, 0.1) is 42.1 Å². The predicted octanol–water partition coefficient (Wildman–Crippen LogP) is 6.99. The Morgan fingerprint density at radius 3 is 1.86 bits per heavy atom. The molecule has 0 radical (unpaired) electrons. The zero-order valence-electron chi connectivity index (χ0n) is 49.0. The Morgan fingerprint density at radius 2 is 1.31 bits per heavy atom. The number of esters is 2. The van der Waals surface area contributed by atoms with Crippen molar-refractivity contribution in [2.45, 2.75) is 136 Å². The zero-order valence-corrected chi connectivity index (χ0v) is 49.0. The van der Waals surface area contributed by atoms with E-state index in [0.717, 1.165) is 18.4 Å². The lowest BCUT2D eigenvalue weighted by atomic mass is 9.46. The first kappa shape index (κ1) is 57.0. The standard InChI is InChI=1S/C63H76F2N6O12/c1-31-28-68(24-25-69(31)30-83-60(78)47-35(5)71(38-13-14-38)51-44(56(47)76)32(2)49(64)53(57(51)80-8)67-22-20-66-21-23-67)54-50(65)33(3)45-52(58(54)81-9)70(37-11-12-37)34(4)46(55(45)75)59(77)82-29-43(74)63(79)19-17-41-40-15-10-36-26-39(72)16-18-61(36,6)48(40)42(73)27-62(41,63)7/h16,18,26,31,37-38,40-42,48,66,73,79H,10-15,17,19-25,27-30H2,1-9H3/t31?,40-,41-,42-,48+,61-,62-,63-/m0/s1. The van der Waals surface area contributed by atoms with Gasteiger partial charge in [-0.3, -0.25) is 24.1 Å². The van der Waals surface area contributed by atoms with Crippen LogP contribution in [-0.2, 0) is 19.1 Å². The van der Waals surface area contributed by atoms with Crippen molar-refractivity contribution in [2.24, 2.45) is 28.6 Å². The quantitative estimate of drug-likeness (QED) is 0.115. The number of ether oxygens (including phenoxy) is 4. The molecule has 8 aliphatic rings. The van der Waals surface area contributed by atoms with Crippen LogP contribution in [0.5, 0.6) is 11.5 Å². The van der Waals surface area contributed by atoms with E-state index in [1.165, 1.54) is 21.1 Å². The molecule has 0 amide bonds. The first-order valence-electron chi connectivity index (χ1n) is 29.6. The summed E-state index contributed by atoms with van der Waals surface area (Å²) in [6.45, 7) is 14.4. The number of pyridine rings is 2. The molecule has 2 aromatic carbocycles. The molecule has 0 bridgehead atoms. The van der Waals surface area contributed by atoms with Gasteiger partial charge in [-0.25, -0.2) is 18.4 Å². The lowest BCUT2D eigenvalue weighted by molar-refractivity contribution is -0.178. The normalized spacial score (nSPS) is 28.9. The minimum Gasteiger partial charge on any atom is -0.492 e. The summed E-state index contributed by atoms with van der Waals surface area (Å²) >= 11 is 0. The van der Waals surface area contributed by atoms with Crippen LogP contribution in [0.4, 0.5) is 20.2 Å². The molecule has 2 aliphatic heterocycles. The molecule has 1 unspecified atom stereocenters. The first-order chi connectivity index (χ1) is 39.5. The highest BCUT2D eigenvalue weighted by atomic mass is 19.1. The fraction of sp³-hybridized carbons (Fsp3) is 0.587. The number of Topliss-reactive ketones (excluding diaryl/α,β-unsaturated/α-hetero) is 1. The number of nitrogens with one attached hydrogen (secondary N) is 1. The number of rotatable bonds is 13. The lowest BCUT2D eigenvalue weighted by Gasteiger charge is -2.59. The van der Waals surface area contributed by atoms with Crippen LogP contribution in [0.3, 0.4) is 0 Å². The number of allylic oxidation sites excluding steroid dienone is 4. The molecule has 2 saturated heterocycles. The van der Waals surface area contributed by atoms with Crippen molar-refractivity contribution < 1.29 is 57.1 Å². The SMILES string of the molecule is COc1c(N2CCNCC2)c(F)c(C)c2c(=O)c(C(=O)OCN3CCN(c4c(F)c(C)c5c(=O)c(C(=O)OCC(=O)[C@@]6(O)CC[C@H]7[C@@H]8CCC9=CC(=O)C=C[C@]9(C)[C@H]8[C@@H](O)C[C@@]76C)c(C)n(C6CC6)c5c4OC)CC3C)c(C)n(C3CC3)c12. The van der Waals surface area contributed by atoms with Crippen LogP contribution in [0.25, 0.3) is 21.8 Å². The van der Waals surface area contributed by atoms with Crippen LogP contribution in [0.2, 0.25) is 0 Å². The van der Waals surface area contributed by atoms with Gasteiger partial charge in [-0.15, -0.1) is 0 Å². The van der Waals surface area contributed by atoms with Crippen molar-refractivity contribution in [3.63, 3.8) is 0 Å². The van der Waals surface area contributed by atoms with Gasteiger partial charge in [-0.1, -0.05) is 25.5 Å². The van der Waals surface area contributed by atoms with E-state index in [1.54, 1.807) is 32.9 Å². The highest BCUT2D eigenvalue weighted by Gasteiger charge is 2.68. The number of benzene rings is 2. The molecule has 12 rings (SSSR count). The molecule has 6 aliphatic carbocycles. The Balaban J connectivity index is 0.777. The molecular weight excluding hydrogens is 1070 g/mol. The zero-order chi connectivity index (χ0) is 59.1.